The molecule has 0 N–H and O–H groups in total. The Morgan fingerprint density at radius 1 is 1.00 bits per heavy atom. The van der Waals surface area contributed by atoms with E-state index in [9.17, 15) is 4.79 Å². The molecule has 0 bridgehead atoms. The summed E-state index contributed by atoms with van der Waals surface area (Å²) in [5.41, 5.74) is 3.16. The normalized spacial score (nSPS) is 10.7. The molecule has 0 fully saturated rings. The van der Waals surface area contributed by atoms with Gasteiger partial charge in [-0.3, -0.25) is 4.79 Å². The molecule has 4 nitrogen and oxygen atoms in total. The fourth-order valence-corrected chi connectivity index (χ4v) is 3.46. The lowest BCUT2D eigenvalue weighted by molar-refractivity contribution is 0.0800. The third-order valence-corrected chi connectivity index (χ3v) is 4.92. The quantitative estimate of drug-likeness (QED) is 0.509. The highest BCUT2D eigenvalue weighted by molar-refractivity contribution is 6.08. The zero-order valence-corrected chi connectivity index (χ0v) is 15.6. The van der Waals surface area contributed by atoms with Crippen LogP contribution in [0.2, 0.25) is 0 Å². The Hall–Kier alpha value is -3.71. The lowest BCUT2D eigenvalue weighted by Gasteiger charge is -2.18. The van der Waals surface area contributed by atoms with Crippen molar-refractivity contribution >= 4 is 27.6 Å². The van der Waals surface area contributed by atoms with Gasteiger partial charge in [0.25, 0.3) is 5.91 Å². The van der Waals surface area contributed by atoms with E-state index in [2.05, 4.69) is 24.3 Å². The Morgan fingerprint density at radius 2 is 1.71 bits per heavy atom. The summed E-state index contributed by atoms with van der Waals surface area (Å²) >= 11 is 0. The Labute approximate surface area is 163 Å². The van der Waals surface area contributed by atoms with E-state index < -0.39 is 0 Å². The van der Waals surface area contributed by atoms with Gasteiger partial charge in [0.1, 0.15) is 0 Å². The first-order valence-electron chi connectivity index (χ1n) is 9.19. The number of carbonyl (C=O) groups excluding carboxylic acids is 1. The standard InChI is InChI=1S/C24H19N3O/c1-27(15-7-14-25)24(28)21-16-23(26-22-13-5-4-11-20(21)22)19-12-6-9-17-8-2-3-10-18(17)19/h2-6,8-13,16H,7,15H2,1H3. The monoisotopic (exact) mass is 365 g/mol. The number of hydrogen-bond acceptors (Lipinski definition) is 3. The molecule has 1 amide bonds. The maximum Gasteiger partial charge on any atom is 0.254 e. The molecule has 4 aromatic rings. The molecular weight excluding hydrogens is 346 g/mol. The first kappa shape index (κ1) is 17.7. The van der Waals surface area contributed by atoms with Crippen molar-refractivity contribution in [3.63, 3.8) is 0 Å². The van der Waals surface area contributed by atoms with Gasteiger partial charge in [-0.05, 0) is 22.9 Å². The van der Waals surface area contributed by atoms with Crippen LogP contribution in [0.25, 0.3) is 32.9 Å². The second-order valence-electron chi connectivity index (χ2n) is 6.73. The minimum Gasteiger partial charge on any atom is -0.341 e. The summed E-state index contributed by atoms with van der Waals surface area (Å²) < 4.78 is 0. The van der Waals surface area contributed by atoms with E-state index in [4.69, 9.17) is 10.2 Å². The summed E-state index contributed by atoms with van der Waals surface area (Å²) in [7, 11) is 1.73. The number of amides is 1. The number of benzene rings is 3. The molecular formula is C24H19N3O. The van der Waals surface area contributed by atoms with Gasteiger partial charge in [-0.2, -0.15) is 5.26 Å². The first-order valence-corrected chi connectivity index (χ1v) is 9.19. The maximum absolute atomic E-state index is 13.1. The van der Waals surface area contributed by atoms with Crippen LogP contribution in [0.5, 0.6) is 0 Å². The van der Waals surface area contributed by atoms with Crippen molar-refractivity contribution < 1.29 is 4.79 Å². The van der Waals surface area contributed by atoms with Gasteiger partial charge in [0.05, 0.1) is 29.3 Å². The number of aromatic nitrogens is 1. The van der Waals surface area contributed by atoms with Crippen LogP contribution < -0.4 is 0 Å². The van der Waals surface area contributed by atoms with Crippen LogP contribution in [0.1, 0.15) is 16.8 Å². The molecule has 1 heterocycles. The summed E-state index contributed by atoms with van der Waals surface area (Å²) in [5, 5.41) is 11.9. The third-order valence-electron chi connectivity index (χ3n) is 4.92. The summed E-state index contributed by atoms with van der Waals surface area (Å²) in [6.07, 6.45) is 0.307. The second-order valence-corrected chi connectivity index (χ2v) is 6.73. The number of hydrogen-bond donors (Lipinski definition) is 0. The fraction of sp³-hybridized carbons (Fsp3) is 0.125. The number of nitrogens with zero attached hydrogens (tertiary/aromatic N) is 3. The molecule has 4 heteroatoms. The molecule has 0 saturated heterocycles. The summed E-state index contributed by atoms with van der Waals surface area (Å²) in [5.74, 6) is -0.102. The Balaban J connectivity index is 1.91. The highest BCUT2D eigenvalue weighted by atomic mass is 16.2. The van der Waals surface area contributed by atoms with Gasteiger partial charge in [-0.1, -0.05) is 60.7 Å². The highest BCUT2D eigenvalue weighted by Gasteiger charge is 2.18. The van der Waals surface area contributed by atoms with Crippen molar-refractivity contribution in [2.75, 3.05) is 13.6 Å². The van der Waals surface area contributed by atoms with E-state index in [1.807, 2.05) is 54.6 Å². The van der Waals surface area contributed by atoms with E-state index in [1.165, 1.54) is 0 Å². The van der Waals surface area contributed by atoms with Gasteiger partial charge in [-0.25, -0.2) is 4.98 Å². The highest BCUT2D eigenvalue weighted by Crippen LogP contribution is 2.30. The average molecular weight is 365 g/mol. The number of para-hydroxylation sites is 1. The van der Waals surface area contributed by atoms with Crippen LogP contribution in [-0.4, -0.2) is 29.4 Å². The number of rotatable bonds is 4. The molecule has 3 aromatic carbocycles. The number of fused-ring (bicyclic) bond motifs is 2. The molecule has 0 aliphatic heterocycles. The van der Waals surface area contributed by atoms with Crippen LogP contribution in [0.15, 0.2) is 72.8 Å². The maximum atomic E-state index is 13.1. The van der Waals surface area contributed by atoms with E-state index in [1.54, 1.807) is 11.9 Å². The van der Waals surface area contributed by atoms with Gasteiger partial charge in [-0.15, -0.1) is 0 Å². The lowest BCUT2D eigenvalue weighted by Crippen LogP contribution is -2.27. The zero-order chi connectivity index (χ0) is 19.5. The van der Waals surface area contributed by atoms with E-state index >= 15 is 0 Å². The summed E-state index contributed by atoms with van der Waals surface area (Å²) in [6.45, 7) is 0.398. The first-order chi connectivity index (χ1) is 13.7. The van der Waals surface area contributed by atoms with Gasteiger partial charge in [0.15, 0.2) is 0 Å². The molecule has 1 aromatic heterocycles. The Bertz CT molecular complexity index is 1220. The molecule has 0 unspecified atom stereocenters. The van der Waals surface area contributed by atoms with Gasteiger partial charge in [0.2, 0.25) is 0 Å². The molecule has 136 valence electrons. The Kier molecular flexibility index (Phi) is 4.74. The molecule has 0 aliphatic carbocycles. The minimum absolute atomic E-state index is 0.102. The van der Waals surface area contributed by atoms with Crippen molar-refractivity contribution in [2.24, 2.45) is 0 Å². The number of pyridine rings is 1. The smallest absolute Gasteiger partial charge is 0.254 e. The molecule has 0 saturated carbocycles. The van der Waals surface area contributed by atoms with Crippen molar-refractivity contribution in [3.8, 4) is 17.3 Å². The largest absolute Gasteiger partial charge is 0.341 e. The lowest BCUT2D eigenvalue weighted by atomic mass is 9.98. The fourth-order valence-electron chi connectivity index (χ4n) is 3.46. The molecule has 0 spiro atoms. The van der Waals surface area contributed by atoms with Crippen LogP contribution in [0.3, 0.4) is 0 Å². The molecule has 4 rings (SSSR count). The van der Waals surface area contributed by atoms with Crippen LogP contribution >= 0.6 is 0 Å². The summed E-state index contributed by atoms with van der Waals surface area (Å²) in [6, 6.07) is 25.9. The summed E-state index contributed by atoms with van der Waals surface area (Å²) in [4.78, 5) is 19.5. The van der Waals surface area contributed by atoms with Crippen molar-refractivity contribution in [3.05, 3.63) is 78.4 Å². The van der Waals surface area contributed by atoms with Gasteiger partial charge >= 0.3 is 0 Å². The van der Waals surface area contributed by atoms with E-state index in [0.29, 0.717) is 18.5 Å². The molecule has 0 atom stereocenters. The van der Waals surface area contributed by atoms with Crippen LogP contribution in [0.4, 0.5) is 0 Å². The zero-order valence-electron chi connectivity index (χ0n) is 15.6. The van der Waals surface area contributed by atoms with E-state index in [0.717, 1.165) is 32.9 Å². The third kappa shape index (κ3) is 3.19. The topological polar surface area (TPSA) is 57.0 Å². The van der Waals surface area contributed by atoms with E-state index in [-0.39, 0.29) is 5.91 Å². The Morgan fingerprint density at radius 3 is 2.54 bits per heavy atom. The van der Waals surface area contributed by atoms with Gasteiger partial charge < -0.3 is 4.90 Å². The van der Waals surface area contributed by atoms with Crippen molar-refractivity contribution in [1.82, 2.24) is 9.88 Å². The minimum atomic E-state index is -0.102. The van der Waals surface area contributed by atoms with Gasteiger partial charge in [0, 0.05) is 24.5 Å². The van der Waals surface area contributed by atoms with Crippen molar-refractivity contribution in [1.29, 1.82) is 5.26 Å². The average Bonchev–Trinajstić information content (AvgIpc) is 2.75. The molecule has 0 aliphatic rings. The molecule has 0 radical (unpaired) electrons. The SMILES string of the molecule is CN(CCC#N)C(=O)c1cc(-c2cccc3ccccc23)nc2ccccc12. The van der Waals surface area contributed by atoms with Crippen LogP contribution in [-0.2, 0) is 0 Å². The van der Waals surface area contributed by atoms with Crippen molar-refractivity contribution in [2.45, 2.75) is 6.42 Å². The van der Waals surface area contributed by atoms with Crippen LogP contribution in [0, 0.1) is 11.3 Å². The number of carbonyl (C=O) groups is 1. The predicted octanol–water partition coefficient (Wildman–Crippen LogP) is 5.04. The second kappa shape index (κ2) is 7.50. The number of nitriles is 1. The predicted molar refractivity (Wildman–Crippen MR) is 112 cm³/mol. The molecule has 28 heavy (non-hydrogen) atoms.